The van der Waals surface area contributed by atoms with Crippen LogP contribution in [0.3, 0.4) is 0 Å². The molecule has 0 aliphatic rings. The third kappa shape index (κ3) is 3.67. The van der Waals surface area contributed by atoms with Crippen molar-refractivity contribution in [3.8, 4) is 0 Å². The van der Waals surface area contributed by atoms with E-state index in [-0.39, 0.29) is 0 Å². The number of hydrogen-bond donors (Lipinski definition) is 2. The van der Waals surface area contributed by atoms with Crippen LogP contribution >= 0.6 is 22.9 Å². The molecular weight excluding hydrogens is 284 g/mol. The quantitative estimate of drug-likeness (QED) is 0.848. The van der Waals surface area contributed by atoms with Crippen molar-refractivity contribution in [2.24, 2.45) is 0 Å². The van der Waals surface area contributed by atoms with Crippen LogP contribution in [0.1, 0.15) is 12.6 Å². The smallest absolute Gasteiger partial charge is 0.195 e. The van der Waals surface area contributed by atoms with Crippen LogP contribution in [-0.4, -0.2) is 52.2 Å². The number of halogens is 1. The fraction of sp³-hybridized carbons (Fsp3) is 0.583. The van der Waals surface area contributed by atoms with Gasteiger partial charge in [-0.1, -0.05) is 11.6 Å². The molecule has 0 aliphatic heterocycles. The molecular formula is C12H19ClN4OS. The van der Waals surface area contributed by atoms with Crippen molar-refractivity contribution in [1.82, 2.24) is 19.6 Å². The summed E-state index contributed by atoms with van der Waals surface area (Å²) < 4.78 is 1.97. The van der Waals surface area contributed by atoms with Crippen LogP contribution in [0.4, 0.5) is 0 Å². The molecule has 0 aromatic carbocycles. The van der Waals surface area contributed by atoms with Crippen LogP contribution in [0.25, 0.3) is 4.96 Å². The van der Waals surface area contributed by atoms with Crippen LogP contribution in [-0.2, 0) is 6.54 Å². The Morgan fingerprint density at radius 1 is 1.58 bits per heavy atom. The van der Waals surface area contributed by atoms with E-state index in [9.17, 15) is 5.11 Å². The van der Waals surface area contributed by atoms with Gasteiger partial charge in [-0.05, 0) is 21.0 Å². The number of aromatic nitrogens is 2. The molecule has 19 heavy (non-hydrogen) atoms. The maximum atomic E-state index is 10.2. The Kier molecular flexibility index (Phi) is 4.47. The number of thiazole rings is 1. The number of nitrogens with one attached hydrogen (secondary N) is 1. The fourth-order valence-electron chi connectivity index (χ4n) is 2.15. The Hall–Kier alpha value is -0.660. The summed E-state index contributed by atoms with van der Waals surface area (Å²) in [5.41, 5.74) is 0.160. The molecule has 2 heterocycles. The first-order chi connectivity index (χ1) is 8.89. The average molecular weight is 303 g/mol. The van der Waals surface area contributed by atoms with Crippen LogP contribution in [0.2, 0.25) is 5.15 Å². The van der Waals surface area contributed by atoms with E-state index in [1.165, 1.54) is 0 Å². The van der Waals surface area contributed by atoms with Gasteiger partial charge in [0.25, 0.3) is 0 Å². The van der Waals surface area contributed by atoms with Crippen molar-refractivity contribution in [3.05, 3.63) is 22.4 Å². The van der Waals surface area contributed by atoms with Gasteiger partial charge in [-0.25, -0.2) is 4.98 Å². The Labute approximate surface area is 121 Å². The van der Waals surface area contributed by atoms with Gasteiger partial charge in [-0.15, -0.1) is 11.3 Å². The van der Waals surface area contributed by atoms with Crippen molar-refractivity contribution in [2.75, 3.05) is 27.2 Å². The second-order valence-electron chi connectivity index (χ2n) is 5.24. The summed E-state index contributed by atoms with van der Waals surface area (Å²) in [4.78, 5) is 7.13. The lowest BCUT2D eigenvalue weighted by Gasteiger charge is -2.27. The average Bonchev–Trinajstić information content (AvgIpc) is 2.79. The maximum Gasteiger partial charge on any atom is 0.195 e. The predicted molar refractivity (Wildman–Crippen MR) is 79.0 cm³/mol. The Morgan fingerprint density at radius 2 is 2.32 bits per heavy atom. The zero-order chi connectivity index (χ0) is 14.0. The van der Waals surface area contributed by atoms with Crippen molar-refractivity contribution < 1.29 is 5.11 Å². The van der Waals surface area contributed by atoms with E-state index in [2.05, 4.69) is 10.3 Å². The summed E-state index contributed by atoms with van der Waals surface area (Å²) in [5.74, 6) is 0. The minimum absolute atomic E-state index is 0.499. The van der Waals surface area contributed by atoms with Gasteiger partial charge in [-0.2, -0.15) is 0 Å². The highest BCUT2D eigenvalue weighted by Crippen LogP contribution is 2.21. The second-order valence-corrected chi connectivity index (χ2v) is 6.47. The van der Waals surface area contributed by atoms with Gasteiger partial charge in [0.05, 0.1) is 11.3 Å². The summed E-state index contributed by atoms with van der Waals surface area (Å²) >= 11 is 7.66. The van der Waals surface area contributed by atoms with E-state index < -0.39 is 5.60 Å². The van der Waals surface area contributed by atoms with E-state index in [0.29, 0.717) is 24.8 Å². The largest absolute Gasteiger partial charge is 0.388 e. The highest BCUT2D eigenvalue weighted by molar-refractivity contribution is 7.15. The lowest BCUT2D eigenvalue weighted by atomic mass is 10.1. The molecule has 2 aromatic rings. The standard InChI is InChI=1S/C12H19ClN4OS/c1-12(18,8-16(2)3)7-14-6-9-10(13)15-11-17(9)4-5-19-11/h4-5,14,18H,6-8H2,1-3H3. The first kappa shape index (κ1) is 14.7. The van der Waals surface area contributed by atoms with E-state index >= 15 is 0 Å². The molecule has 2 N–H and O–H groups in total. The molecule has 0 saturated heterocycles. The highest BCUT2D eigenvalue weighted by atomic mass is 35.5. The predicted octanol–water partition coefficient (Wildman–Crippen LogP) is 1.45. The third-order valence-corrected chi connectivity index (χ3v) is 3.83. The zero-order valence-electron chi connectivity index (χ0n) is 11.4. The normalized spacial score (nSPS) is 15.3. The van der Waals surface area contributed by atoms with Crippen LogP contribution in [0.5, 0.6) is 0 Å². The molecule has 2 rings (SSSR count). The van der Waals surface area contributed by atoms with E-state index in [1.54, 1.807) is 11.3 Å². The van der Waals surface area contributed by atoms with Gasteiger partial charge in [0.1, 0.15) is 0 Å². The lowest BCUT2D eigenvalue weighted by molar-refractivity contribution is 0.0335. The molecule has 0 amide bonds. The molecule has 1 unspecified atom stereocenters. The fourth-order valence-corrected chi connectivity index (χ4v) is 3.17. The Bertz CT molecular complexity index is 549. The first-order valence-corrected chi connectivity index (χ1v) is 7.32. The molecule has 5 nitrogen and oxygen atoms in total. The van der Waals surface area contributed by atoms with Crippen LogP contribution in [0, 0.1) is 0 Å². The second kappa shape index (κ2) is 5.76. The number of aliphatic hydroxyl groups is 1. The van der Waals surface area contributed by atoms with Gasteiger partial charge in [-0.3, -0.25) is 4.40 Å². The van der Waals surface area contributed by atoms with Crippen molar-refractivity contribution in [1.29, 1.82) is 0 Å². The van der Waals surface area contributed by atoms with Gasteiger partial charge in [0.15, 0.2) is 10.1 Å². The van der Waals surface area contributed by atoms with E-state index in [0.717, 1.165) is 10.7 Å². The molecule has 0 radical (unpaired) electrons. The number of fused-ring (bicyclic) bond motifs is 1. The number of likely N-dealkylation sites (N-methyl/N-ethyl adjacent to an activating group) is 1. The minimum atomic E-state index is -0.769. The summed E-state index contributed by atoms with van der Waals surface area (Å²) in [6.45, 7) is 3.51. The number of imidazole rings is 1. The number of rotatable bonds is 6. The molecule has 0 aliphatic carbocycles. The molecule has 106 valence electrons. The molecule has 0 fully saturated rings. The van der Waals surface area contributed by atoms with Gasteiger partial charge >= 0.3 is 0 Å². The van der Waals surface area contributed by atoms with Crippen molar-refractivity contribution in [3.63, 3.8) is 0 Å². The Morgan fingerprint density at radius 3 is 3.00 bits per heavy atom. The van der Waals surface area contributed by atoms with E-state index in [4.69, 9.17) is 11.6 Å². The summed E-state index contributed by atoms with van der Waals surface area (Å²) in [5, 5.41) is 15.9. The molecule has 2 aromatic heterocycles. The Balaban J connectivity index is 1.95. The zero-order valence-corrected chi connectivity index (χ0v) is 12.9. The third-order valence-electron chi connectivity index (χ3n) is 2.77. The summed E-state index contributed by atoms with van der Waals surface area (Å²) in [6, 6.07) is 0. The molecule has 1 atom stereocenters. The van der Waals surface area contributed by atoms with Crippen molar-refractivity contribution in [2.45, 2.75) is 19.1 Å². The first-order valence-electron chi connectivity index (χ1n) is 6.07. The topological polar surface area (TPSA) is 52.8 Å². The lowest BCUT2D eigenvalue weighted by Crippen LogP contribution is -2.45. The highest BCUT2D eigenvalue weighted by Gasteiger charge is 2.21. The number of nitrogens with zero attached hydrogens (tertiary/aromatic N) is 3. The molecule has 0 bridgehead atoms. The van der Waals surface area contributed by atoms with Crippen molar-refractivity contribution >= 4 is 27.9 Å². The molecule has 7 heteroatoms. The SMILES string of the molecule is CN(C)CC(C)(O)CNCc1c(Cl)nc2sccn12. The minimum Gasteiger partial charge on any atom is -0.388 e. The van der Waals surface area contributed by atoms with E-state index in [1.807, 2.05) is 41.9 Å². The number of hydrogen-bond acceptors (Lipinski definition) is 5. The van der Waals surface area contributed by atoms with Crippen LogP contribution < -0.4 is 5.32 Å². The van der Waals surface area contributed by atoms with Crippen LogP contribution in [0.15, 0.2) is 11.6 Å². The van der Waals surface area contributed by atoms with Gasteiger partial charge in [0, 0.05) is 31.2 Å². The monoisotopic (exact) mass is 302 g/mol. The molecule has 0 saturated carbocycles. The summed E-state index contributed by atoms with van der Waals surface area (Å²) in [6.07, 6.45) is 1.95. The molecule has 0 spiro atoms. The maximum absolute atomic E-state index is 10.2. The van der Waals surface area contributed by atoms with Gasteiger partial charge < -0.3 is 15.3 Å². The summed E-state index contributed by atoms with van der Waals surface area (Å²) in [7, 11) is 3.88. The van der Waals surface area contributed by atoms with Gasteiger partial charge in [0.2, 0.25) is 0 Å².